The minimum absolute atomic E-state index is 0.116. The van der Waals surface area contributed by atoms with Gasteiger partial charge in [-0.1, -0.05) is 27.3 Å². The third-order valence-electron chi connectivity index (χ3n) is 5.89. The molecule has 2 heterocycles. The fourth-order valence-corrected chi connectivity index (χ4v) is 8.10. The molecule has 208 valence electrons. The lowest BCUT2D eigenvalue weighted by atomic mass is 9.95. The molecule has 0 unspecified atom stereocenters. The monoisotopic (exact) mass is 657 g/mol. The van der Waals surface area contributed by atoms with Crippen LogP contribution in [0.2, 0.25) is 0 Å². The normalized spacial score (nSPS) is 13.7. The molecule has 0 saturated carbocycles. The molecule has 11 nitrogen and oxygen atoms in total. The highest BCUT2D eigenvalue weighted by molar-refractivity contribution is 9.10. The maximum absolute atomic E-state index is 12.7. The summed E-state index contributed by atoms with van der Waals surface area (Å²) in [4.78, 5) is 54.7. The number of rotatable bonds is 8. The van der Waals surface area contributed by atoms with Crippen LogP contribution < -0.4 is 10.1 Å². The molecular formula is C24H24BrN3O8S3. The number of hydrogen-bond donors (Lipinski definition) is 1. The van der Waals surface area contributed by atoms with Gasteiger partial charge in [-0.2, -0.15) is 4.99 Å². The zero-order chi connectivity index (χ0) is 28.3. The second-order valence-corrected chi connectivity index (χ2v) is 13.7. The minimum Gasteiger partial charge on any atom is -0.468 e. The zero-order valence-corrected chi connectivity index (χ0v) is 25.0. The van der Waals surface area contributed by atoms with Crippen LogP contribution in [0.4, 0.5) is 5.00 Å². The fourth-order valence-electron chi connectivity index (χ4n) is 4.19. The number of halogens is 1. The Hall–Kier alpha value is -2.88. The highest BCUT2D eigenvalue weighted by Gasteiger charge is 2.28. The maximum Gasteiger partial charge on any atom is 0.341 e. The molecule has 0 atom stereocenters. The molecule has 39 heavy (non-hydrogen) atoms. The Labute approximate surface area is 239 Å². The summed E-state index contributed by atoms with van der Waals surface area (Å²) < 4.78 is 38.0. The van der Waals surface area contributed by atoms with Crippen molar-refractivity contribution < 1.29 is 37.1 Å². The number of thiophene rings is 1. The fraction of sp³-hybridized carbons (Fsp3) is 0.375. The first kappa shape index (κ1) is 29.1. The molecule has 1 aliphatic rings. The number of anilines is 1. The number of benzene rings is 1. The number of nitrogens with zero attached hydrogens (tertiary/aromatic N) is 2. The van der Waals surface area contributed by atoms with Crippen LogP contribution in [0.3, 0.4) is 0 Å². The van der Waals surface area contributed by atoms with Crippen LogP contribution in [0.15, 0.2) is 27.7 Å². The summed E-state index contributed by atoms with van der Waals surface area (Å²) in [5, 5.41) is 2.76. The first-order valence-electron chi connectivity index (χ1n) is 11.7. The Bertz CT molecular complexity index is 1650. The number of thiazole rings is 1. The molecule has 2 amide bonds. The van der Waals surface area contributed by atoms with E-state index < -0.39 is 45.1 Å². The predicted molar refractivity (Wildman–Crippen MR) is 150 cm³/mol. The van der Waals surface area contributed by atoms with Crippen LogP contribution >= 0.6 is 38.6 Å². The Morgan fingerprint density at radius 1 is 1.08 bits per heavy atom. The van der Waals surface area contributed by atoms with E-state index >= 15 is 0 Å². The van der Waals surface area contributed by atoms with Crippen molar-refractivity contribution in [1.82, 2.24) is 4.57 Å². The third-order valence-corrected chi connectivity index (χ3v) is 10.0. The Morgan fingerprint density at radius 2 is 1.82 bits per heavy atom. The summed E-state index contributed by atoms with van der Waals surface area (Å²) in [6.07, 6.45) is 3.29. The Kier molecular flexibility index (Phi) is 9.03. The van der Waals surface area contributed by atoms with Crippen LogP contribution in [0.25, 0.3) is 10.2 Å². The van der Waals surface area contributed by atoms with Gasteiger partial charge in [-0.05, 0) is 49.4 Å². The highest BCUT2D eigenvalue weighted by Crippen LogP contribution is 2.38. The summed E-state index contributed by atoms with van der Waals surface area (Å²) in [6, 6.07) is 5.27. The van der Waals surface area contributed by atoms with Crippen LogP contribution in [0.5, 0.6) is 0 Å². The number of carbonyl (C=O) groups excluding carboxylic acids is 4. The van der Waals surface area contributed by atoms with Crippen molar-refractivity contribution >= 4 is 87.4 Å². The van der Waals surface area contributed by atoms with Crippen molar-refractivity contribution in [3.05, 3.63) is 43.5 Å². The van der Waals surface area contributed by atoms with Gasteiger partial charge in [0.2, 0.25) is 5.91 Å². The number of sulfone groups is 1. The number of aryl methyl sites for hydroxylation is 1. The number of carbonyl (C=O) groups is 4. The van der Waals surface area contributed by atoms with Gasteiger partial charge in [-0.25, -0.2) is 13.2 Å². The number of ether oxygens (including phenoxy) is 2. The molecule has 0 aliphatic heterocycles. The Balaban J connectivity index is 1.53. The minimum atomic E-state index is -4.21. The third kappa shape index (κ3) is 6.83. The topological polar surface area (TPSA) is 150 Å². The Morgan fingerprint density at radius 3 is 2.54 bits per heavy atom. The molecule has 1 N–H and O–H groups in total. The van der Waals surface area contributed by atoms with Crippen molar-refractivity contribution in [3.63, 3.8) is 0 Å². The van der Waals surface area contributed by atoms with Crippen LogP contribution in [0.1, 0.15) is 33.6 Å². The molecule has 0 fully saturated rings. The number of amides is 2. The molecule has 4 rings (SSSR count). The number of esters is 2. The van der Waals surface area contributed by atoms with Gasteiger partial charge in [0.15, 0.2) is 14.6 Å². The molecule has 1 aliphatic carbocycles. The number of fused-ring (bicyclic) bond motifs is 2. The lowest BCUT2D eigenvalue weighted by Gasteiger charge is -2.11. The quantitative estimate of drug-likeness (QED) is 0.363. The summed E-state index contributed by atoms with van der Waals surface area (Å²) in [7, 11) is -1.74. The molecular weight excluding hydrogens is 634 g/mol. The number of hydrogen-bond acceptors (Lipinski definition) is 10. The van der Waals surface area contributed by atoms with E-state index in [-0.39, 0.29) is 21.9 Å². The van der Waals surface area contributed by atoms with Crippen LogP contribution in [0, 0.1) is 0 Å². The van der Waals surface area contributed by atoms with Crippen molar-refractivity contribution in [2.75, 3.05) is 31.0 Å². The van der Waals surface area contributed by atoms with E-state index in [4.69, 9.17) is 9.47 Å². The molecule has 0 spiro atoms. The van der Waals surface area contributed by atoms with E-state index in [0.717, 1.165) is 45.5 Å². The number of methoxy groups -OCH3 is 2. The maximum atomic E-state index is 12.7. The summed E-state index contributed by atoms with van der Waals surface area (Å²) in [6.45, 7) is -0.229. The van der Waals surface area contributed by atoms with Gasteiger partial charge in [0.25, 0.3) is 5.91 Å². The SMILES string of the molecule is COC(=O)Cn1c(=NC(=O)CS(=O)(=O)CC(=O)Nc2sc3c(c2C(=O)OC)CCCC3)sc2cc(Br)ccc21. The van der Waals surface area contributed by atoms with Crippen LogP contribution in [-0.2, 0) is 53.1 Å². The van der Waals surface area contributed by atoms with E-state index in [1.54, 1.807) is 18.2 Å². The van der Waals surface area contributed by atoms with E-state index in [1.807, 2.05) is 0 Å². The average Bonchev–Trinajstić information content (AvgIpc) is 3.39. The predicted octanol–water partition coefficient (Wildman–Crippen LogP) is 2.85. The summed E-state index contributed by atoms with van der Waals surface area (Å²) in [5.74, 6) is -5.03. The molecule has 3 aromatic rings. The van der Waals surface area contributed by atoms with Gasteiger partial charge < -0.3 is 19.4 Å². The highest BCUT2D eigenvalue weighted by atomic mass is 79.9. The molecule has 1 aromatic carbocycles. The van der Waals surface area contributed by atoms with Gasteiger partial charge in [0, 0.05) is 9.35 Å². The molecule has 0 saturated heterocycles. The van der Waals surface area contributed by atoms with Gasteiger partial charge in [-0.3, -0.25) is 14.4 Å². The first-order valence-corrected chi connectivity index (χ1v) is 15.9. The first-order chi connectivity index (χ1) is 18.5. The van der Waals surface area contributed by atoms with Crippen molar-refractivity contribution in [3.8, 4) is 0 Å². The second kappa shape index (κ2) is 12.1. The summed E-state index contributed by atoms with van der Waals surface area (Å²) >= 11 is 5.70. The molecule has 0 radical (unpaired) electrons. The molecule has 2 aromatic heterocycles. The van der Waals surface area contributed by atoms with E-state index in [9.17, 15) is 27.6 Å². The molecule has 0 bridgehead atoms. The lowest BCUT2D eigenvalue weighted by molar-refractivity contribution is -0.141. The number of aromatic nitrogens is 1. The van der Waals surface area contributed by atoms with E-state index in [1.165, 1.54) is 30.1 Å². The van der Waals surface area contributed by atoms with Gasteiger partial charge in [-0.15, -0.1) is 11.3 Å². The van der Waals surface area contributed by atoms with Crippen molar-refractivity contribution in [1.29, 1.82) is 0 Å². The van der Waals surface area contributed by atoms with Gasteiger partial charge in [0.05, 0.1) is 30.0 Å². The molecule has 15 heteroatoms. The van der Waals surface area contributed by atoms with Gasteiger partial charge in [0.1, 0.15) is 23.1 Å². The zero-order valence-electron chi connectivity index (χ0n) is 20.9. The lowest BCUT2D eigenvalue weighted by Crippen LogP contribution is -2.29. The smallest absolute Gasteiger partial charge is 0.341 e. The standard InChI is InChI=1S/C24H24BrN3O8S3/c1-35-20(31)10-28-15-8-7-13(25)9-17(15)38-24(28)27-19(30)12-39(33,34)11-18(29)26-22-21(23(32)36-2)14-5-3-4-6-16(14)37-22/h7-9H,3-6,10-12H2,1-2H3,(H,26,29). The van der Waals surface area contributed by atoms with Gasteiger partial charge >= 0.3 is 11.9 Å². The number of nitrogens with one attached hydrogen (secondary N) is 1. The van der Waals surface area contributed by atoms with Crippen molar-refractivity contribution in [2.45, 2.75) is 32.2 Å². The van der Waals surface area contributed by atoms with Crippen molar-refractivity contribution in [2.24, 2.45) is 4.99 Å². The largest absolute Gasteiger partial charge is 0.468 e. The second-order valence-electron chi connectivity index (χ2n) is 8.65. The average molecular weight is 659 g/mol. The van der Waals surface area contributed by atoms with E-state index in [0.29, 0.717) is 16.6 Å². The van der Waals surface area contributed by atoms with E-state index in [2.05, 4.69) is 26.2 Å². The summed E-state index contributed by atoms with van der Waals surface area (Å²) in [5.41, 5.74) is 1.68. The van der Waals surface area contributed by atoms with Crippen LogP contribution in [-0.4, -0.2) is 62.5 Å².